The highest BCUT2D eigenvalue weighted by Gasteiger charge is 2.35. The summed E-state index contributed by atoms with van der Waals surface area (Å²) in [6.45, 7) is 6.53. The largest absolute Gasteiger partial charge is 0.496 e. The zero-order valence-corrected chi connectivity index (χ0v) is 21.2. The number of nitrogens with zero attached hydrogens (tertiary/aromatic N) is 3. The SMILES string of the molecule is CCOC(=O)C1=C(C)N=c2s/c(=C\c3ccc(N4CCOCC4)o3)c(=O)n2[C@@H]1c1ccccc1OC. The number of carbonyl (C=O) groups is 1. The summed E-state index contributed by atoms with van der Waals surface area (Å²) in [5, 5.41) is 0. The second-order valence-corrected chi connectivity index (χ2v) is 9.33. The summed E-state index contributed by atoms with van der Waals surface area (Å²) < 4.78 is 24.4. The van der Waals surface area contributed by atoms with Crippen LogP contribution in [-0.4, -0.2) is 50.6 Å². The normalized spacial score (nSPS) is 18.1. The molecular formula is C26H27N3O6S. The van der Waals surface area contributed by atoms with Gasteiger partial charge in [0.25, 0.3) is 5.56 Å². The summed E-state index contributed by atoms with van der Waals surface area (Å²) in [5.74, 6) is 1.36. The summed E-state index contributed by atoms with van der Waals surface area (Å²) in [6, 6.07) is 10.3. The first kappa shape index (κ1) is 24.1. The number of ether oxygens (including phenoxy) is 3. The van der Waals surface area contributed by atoms with Crippen LogP contribution in [-0.2, 0) is 14.3 Å². The van der Waals surface area contributed by atoms with Crippen molar-refractivity contribution in [2.75, 3.05) is 44.9 Å². The fourth-order valence-electron chi connectivity index (χ4n) is 4.48. The van der Waals surface area contributed by atoms with Gasteiger partial charge in [-0.25, -0.2) is 9.79 Å². The molecule has 0 unspecified atom stereocenters. The van der Waals surface area contributed by atoms with Crippen molar-refractivity contribution < 1.29 is 23.4 Å². The molecule has 5 rings (SSSR count). The Balaban J connectivity index is 1.63. The molecule has 188 valence electrons. The van der Waals surface area contributed by atoms with Crippen molar-refractivity contribution in [1.29, 1.82) is 0 Å². The molecule has 0 N–H and O–H groups in total. The van der Waals surface area contributed by atoms with Gasteiger partial charge in [-0.1, -0.05) is 29.5 Å². The number of carbonyl (C=O) groups excluding carboxylic acids is 1. The van der Waals surface area contributed by atoms with Gasteiger partial charge in [-0.15, -0.1) is 0 Å². The number of thiazole rings is 1. The highest BCUT2D eigenvalue weighted by molar-refractivity contribution is 7.07. The molecule has 10 heteroatoms. The number of fused-ring (bicyclic) bond motifs is 1. The highest BCUT2D eigenvalue weighted by Crippen LogP contribution is 2.35. The van der Waals surface area contributed by atoms with E-state index in [1.165, 1.54) is 11.3 Å². The van der Waals surface area contributed by atoms with E-state index < -0.39 is 12.0 Å². The first-order valence-electron chi connectivity index (χ1n) is 11.8. The topological polar surface area (TPSA) is 95.5 Å². The maximum absolute atomic E-state index is 13.7. The third kappa shape index (κ3) is 4.38. The molecule has 1 aromatic carbocycles. The monoisotopic (exact) mass is 509 g/mol. The van der Waals surface area contributed by atoms with Crippen LogP contribution >= 0.6 is 11.3 Å². The predicted molar refractivity (Wildman–Crippen MR) is 135 cm³/mol. The fourth-order valence-corrected chi connectivity index (χ4v) is 5.51. The maximum Gasteiger partial charge on any atom is 0.338 e. The average molecular weight is 510 g/mol. The lowest BCUT2D eigenvalue weighted by Gasteiger charge is -2.26. The molecule has 1 saturated heterocycles. The molecule has 36 heavy (non-hydrogen) atoms. The molecule has 2 aromatic heterocycles. The fraction of sp³-hybridized carbons (Fsp3) is 0.346. The van der Waals surface area contributed by atoms with Crippen molar-refractivity contribution in [3.63, 3.8) is 0 Å². The van der Waals surface area contributed by atoms with Crippen LogP contribution < -0.4 is 24.5 Å². The quantitative estimate of drug-likeness (QED) is 0.471. The minimum absolute atomic E-state index is 0.211. The summed E-state index contributed by atoms with van der Waals surface area (Å²) in [5.41, 5.74) is 1.23. The zero-order valence-electron chi connectivity index (χ0n) is 20.4. The molecule has 4 heterocycles. The molecule has 2 aliphatic rings. The summed E-state index contributed by atoms with van der Waals surface area (Å²) in [7, 11) is 1.56. The number of esters is 1. The molecule has 1 atom stereocenters. The van der Waals surface area contributed by atoms with Crippen LogP contribution in [0.4, 0.5) is 5.88 Å². The molecule has 0 aliphatic carbocycles. The minimum atomic E-state index is -0.737. The Morgan fingerprint density at radius 2 is 2.00 bits per heavy atom. The summed E-state index contributed by atoms with van der Waals surface area (Å²) >= 11 is 1.25. The molecule has 0 saturated carbocycles. The Bertz CT molecular complexity index is 1490. The van der Waals surface area contributed by atoms with E-state index in [1.807, 2.05) is 30.3 Å². The van der Waals surface area contributed by atoms with Crippen LogP contribution in [0.5, 0.6) is 5.75 Å². The van der Waals surface area contributed by atoms with Crippen molar-refractivity contribution in [1.82, 2.24) is 4.57 Å². The molecule has 3 aromatic rings. The van der Waals surface area contributed by atoms with Gasteiger partial charge >= 0.3 is 5.97 Å². The van der Waals surface area contributed by atoms with Crippen molar-refractivity contribution in [3.05, 3.63) is 78.7 Å². The number of furan rings is 1. The van der Waals surface area contributed by atoms with Crippen LogP contribution in [0, 0.1) is 0 Å². The standard InChI is InChI=1S/C26H27N3O6S/c1-4-34-25(31)22-16(2)27-26-29(23(22)18-7-5-6-8-19(18)32-3)24(30)20(36-26)15-17-9-10-21(35-17)28-11-13-33-14-12-28/h5-10,15,23H,4,11-14H2,1-3H3/b20-15-/t23-/m1/s1. The van der Waals surface area contributed by atoms with Gasteiger partial charge in [0.05, 0.1) is 42.7 Å². The molecule has 1 fully saturated rings. The van der Waals surface area contributed by atoms with Crippen molar-refractivity contribution >= 4 is 29.3 Å². The van der Waals surface area contributed by atoms with E-state index in [1.54, 1.807) is 37.7 Å². The smallest absolute Gasteiger partial charge is 0.338 e. The third-order valence-electron chi connectivity index (χ3n) is 6.16. The Kier molecular flexibility index (Phi) is 6.80. The number of anilines is 1. The zero-order chi connectivity index (χ0) is 25.2. The second-order valence-electron chi connectivity index (χ2n) is 8.32. The number of methoxy groups -OCH3 is 1. The van der Waals surface area contributed by atoms with E-state index in [9.17, 15) is 9.59 Å². The van der Waals surface area contributed by atoms with Crippen LogP contribution in [0.1, 0.15) is 31.2 Å². The van der Waals surface area contributed by atoms with E-state index in [0.29, 0.717) is 50.9 Å². The Morgan fingerprint density at radius 1 is 1.22 bits per heavy atom. The number of hydrogen-bond donors (Lipinski definition) is 0. The average Bonchev–Trinajstić information content (AvgIpc) is 3.48. The first-order chi connectivity index (χ1) is 17.5. The Labute approximate surface area is 211 Å². The van der Waals surface area contributed by atoms with Gasteiger partial charge in [0.2, 0.25) is 0 Å². The first-order valence-corrected chi connectivity index (χ1v) is 12.6. The van der Waals surface area contributed by atoms with E-state index in [0.717, 1.165) is 19.0 Å². The van der Waals surface area contributed by atoms with E-state index in [2.05, 4.69) is 9.89 Å². The molecule has 0 radical (unpaired) electrons. The van der Waals surface area contributed by atoms with Crippen molar-refractivity contribution in [2.24, 2.45) is 4.99 Å². The van der Waals surface area contributed by atoms with Gasteiger partial charge in [-0.05, 0) is 26.0 Å². The van der Waals surface area contributed by atoms with Gasteiger partial charge < -0.3 is 23.5 Å². The van der Waals surface area contributed by atoms with Gasteiger partial charge in [0.15, 0.2) is 10.7 Å². The third-order valence-corrected chi connectivity index (χ3v) is 7.14. The molecule has 0 bridgehead atoms. The van der Waals surface area contributed by atoms with E-state index >= 15 is 0 Å². The number of rotatable bonds is 6. The van der Waals surface area contributed by atoms with Crippen molar-refractivity contribution in [2.45, 2.75) is 19.9 Å². The van der Waals surface area contributed by atoms with E-state index in [-0.39, 0.29) is 12.2 Å². The lowest BCUT2D eigenvalue weighted by molar-refractivity contribution is -0.139. The molecule has 2 aliphatic heterocycles. The number of hydrogen-bond acceptors (Lipinski definition) is 9. The maximum atomic E-state index is 13.7. The molecule has 0 spiro atoms. The lowest BCUT2D eigenvalue weighted by Crippen LogP contribution is -2.40. The predicted octanol–water partition coefficient (Wildman–Crippen LogP) is 2.24. The van der Waals surface area contributed by atoms with Crippen LogP contribution in [0.25, 0.3) is 6.08 Å². The molecule has 9 nitrogen and oxygen atoms in total. The number of para-hydroxylation sites is 1. The second kappa shape index (κ2) is 10.2. The van der Waals surface area contributed by atoms with Gasteiger partial charge in [-0.3, -0.25) is 9.36 Å². The highest BCUT2D eigenvalue weighted by atomic mass is 32.1. The van der Waals surface area contributed by atoms with Crippen LogP contribution in [0.3, 0.4) is 0 Å². The number of benzene rings is 1. The number of aromatic nitrogens is 1. The van der Waals surface area contributed by atoms with E-state index in [4.69, 9.17) is 18.6 Å². The Hall–Kier alpha value is -3.63. The molecule has 0 amide bonds. The minimum Gasteiger partial charge on any atom is -0.496 e. The lowest BCUT2D eigenvalue weighted by atomic mass is 9.95. The summed E-state index contributed by atoms with van der Waals surface area (Å²) in [4.78, 5) is 34.0. The van der Waals surface area contributed by atoms with Gasteiger partial charge in [0.1, 0.15) is 17.6 Å². The van der Waals surface area contributed by atoms with Crippen LogP contribution in [0.15, 0.2) is 61.9 Å². The number of allylic oxidation sites excluding steroid dienone is 1. The van der Waals surface area contributed by atoms with Gasteiger partial charge in [-0.2, -0.15) is 0 Å². The number of morpholine rings is 1. The Morgan fingerprint density at radius 3 is 2.75 bits per heavy atom. The summed E-state index contributed by atoms with van der Waals surface area (Å²) in [6.07, 6.45) is 1.72. The molecular weight excluding hydrogens is 482 g/mol. The van der Waals surface area contributed by atoms with Gasteiger partial charge in [0, 0.05) is 30.8 Å². The van der Waals surface area contributed by atoms with Crippen LogP contribution in [0.2, 0.25) is 0 Å². The van der Waals surface area contributed by atoms with Crippen molar-refractivity contribution in [3.8, 4) is 5.75 Å².